The highest BCUT2D eigenvalue weighted by molar-refractivity contribution is 4.89. The van der Waals surface area contributed by atoms with Crippen LogP contribution in [0.25, 0.3) is 0 Å². The zero-order valence-electron chi connectivity index (χ0n) is 15.2. The fourth-order valence-electron chi connectivity index (χ4n) is 2.59. The summed E-state index contributed by atoms with van der Waals surface area (Å²) in [6, 6.07) is 0. The van der Waals surface area contributed by atoms with Crippen molar-refractivity contribution in [3.63, 3.8) is 0 Å². The molecular formula is C16H25F8NO3. The van der Waals surface area contributed by atoms with Crippen LogP contribution in [-0.2, 0) is 9.47 Å². The number of halogens is 8. The number of β-amino-alcohol motifs (C(OH)–C–C–N with tert-alkyl or cyclic N) is 1. The fourth-order valence-corrected chi connectivity index (χ4v) is 2.59. The first-order chi connectivity index (χ1) is 12.8. The monoisotopic (exact) mass is 431 g/mol. The molecule has 0 saturated carbocycles. The van der Waals surface area contributed by atoms with Crippen LogP contribution < -0.4 is 0 Å². The number of morpholine rings is 1. The summed E-state index contributed by atoms with van der Waals surface area (Å²) in [5, 5.41) is 9.75. The summed E-state index contributed by atoms with van der Waals surface area (Å²) < 4.78 is 115. The minimum Gasteiger partial charge on any atom is -0.389 e. The number of ether oxygens (including phenoxy) is 2. The Kier molecular flexibility index (Phi) is 9.84. The number of aliphatic hydroxyl groups is 1. The summed E-state index contributed by atoms with van der Waals surface area (Å²) in [5.74, 6) is -14.3. The summed E-state index contributed by atoms with van der Waals surface area (Å²) >= 11 is 0. The van der Waals surface area contributed by atoms with Crippen LogP contribution in [0.3, 0.4) is 0 Å². The number of hydrogen-bond donors (Lipinski definition) is 1. The molecule has 1 aliphatic heterocycles. The maximum absolute atomic E-state index is 13.6. The van der Waals surface area contributed by atoms with Gasteiger partial charge in [-0.15, -0.1) is 0 Å². The molecule has 0 aromatic heterocycles. The first kappa shape index (κ1) is 25.3. The van der Waals surface area contributed by atoms with E-state index in [0.29, 0.717) is 26.3 Å². The lowest BCUT2D eigenvalue weighted by molar-refractivity contribution is -0.245. The molecule has 168 valence electrons. The minimum atomic E-state index is -5.14. The van der Waals surface area contributed by atoms with E-state index in [1.165, 1.54) is 0 Å². The van der Waals surface area contributed by atoms with Crippen molar-refractivity contribution in [3.05, 3.63) is 0 Å². The molecule has 1 fully saturated rings. The summed E-state index contributed by atoms with van der Waals surface area (Å²) in [5.41, 5.74) is 0. The Morgan fingerprint density at radius 3 is 2.14 bits per heavy atom. The molecule has 28 heavy (non-hydrogen) atoms. The van der Waals surface area contributed by atoms with Gasteiger partial charge in [-0.2, -0.15) is 17.6 Å². The molecule has 0 aromatic rings. The van der Waals surface area contributed by atoms with Gasteiger partial charge >= 0.3 is 11.8 Å². The first-order valence-electron chi connectivity index (χ1n) is 8.82. The third kappa shape index (κ3) is 9.19. The third-order valence-corrected chi connectivity index (χ3v) is 4.19. The van der Waals surface area contributed by atoms with E-state index in [0.717, 1.165) is 0 Å². The van der Waals surface area contributed by atoms with Crippen molar-refractivity contribution in [1.82, 2.24) is 4.90 Å². The second-order valence-electron chi connectivity index (χ2n) is 6.76. The smallest absolute Gasteiger partial charge is 0.315 e. The van der Waals surface area contributed by atoms with E-state index in [4.69, 9.17) is 9.47 Å². The molecule has 12 heteroatoms. The maximum atomic E-state index is 13.6. The fraction of sp³-hybridized carbons (Fsp3) is 1.00. The lowest BCUT2D eigenvalue weighted by Crippen LogP contribution is -2.45. The van der Waals surface area contributed by atoms with Crippen molar-refractivity contribution in [1.29, 1.82) is 0 Å². The quantitative estimate of drug-likeness (QED) is 0.359. The van der Waals surface area contributed by atoms with Crippen molar-refractivity contribution in [2.24, 2.45) is 0 Å². The van der Waals surface area contributed by atoms with Gasteiger partial charge in [0.1, 0.15) is 0 Å². The van der Waals surface area contributed by atoms with Crippen LogP contribution in [0.1, 0.15) is 25.7 Å². The van der Waals surface area contributed by atoms with E-state index < -0.39 is 62.6 Å². The molecule has 1 heterocycles. The zero-order valence-corrected chi connectivity index (χ0v) is 15.2. The molecule has 0 radical (unpaired) electrons. The Balaban J connectivity index is 2.35. The van der Waals surface area contributed by atoms with Crippen LogP contribution in [-0.4, -0.2) is 86.4 Å². The Hall–Kier alpha value is -0.720. The topological polar surface area (TPSA) is 41.9 Å². The molecule has 1 saturated heterocycles. The van der Waals surface area contributed by atoms with Gasteiger partial charge in [0.25, 0.3) is 5.92 Å². The summed E-state index contributed by atoms with van der Waals surface area (Å²) in [6.07, 6.45) is -11.4. The van der Waals surface area contributed by atoms with Gasteiger partial charge in [0.2, 0.25) is 6.43 Å². The molecule has 0 amide bonds. The van der Waals surface area contributed by atoms with Crippen LogP contribution in [0, 0.1) is 0 Å². The van der Waals surface area contributed by atoms with Crippen LogP contribution in [0.5, 0.6) is 0 Å². The predicted octanol–water partition coefficient (Wildman–Crippen LogP) is 3.43. The highest BCUT2D eigenvalue weighted by atomic mass is 19.3. The van der Waals surface area contributed by atoms with E-state index in [2.05, 4.69) is 0 Å². The summed E-state index contributed by atoms with van der Waals surface area (Å²) in [4.78, 5) is 1.87. The second kappa shape index (κ2) is 10.9. The van der Waals surface area contributed by atoms with Crippen LogP contribution in [0.4, 0.5) is 35.1 Å². The largest absolute Gasteiger partial charge is 0.389 e. The van der Waals surface area contributed by atoms with Gasteiger partial charge in [-0.05, 0) is 0 Å². The molecule has 0 bridgehead atoms. The number of alkyl halides is 8. The molecule has 1 aliphatic rings. The van der Waals surface area contributed by atoms with Crippen molar-refractivity contribution >= 4 is 0 Å². The minimum absolute atomic E-state index is 0.216. The lowest BCUT2D eigenvalue weighted by atomic mass is 9.98. The molecule has 4 nitrogen and oxygen atoms in total. The molecule has 1 atom stereocenters. The molecule has 0 spiro atoms. The van der Waals surface area contributed by atoms with Crippen molar-refractivity contribution < 1.29 is 49.7 Å². The van der Waals surface area contributed by atoms with Crippen molar-refractivity contribution in [2.75, 3.05) is 46.1 Å². The Morgan fingerprint density at radius 2 is 1.57 bits per heavy atom. The average molecular weight is 431 g/mol. The molecule has 0 aromatic carbocycles. The summed E-state index contributed by atoms with van der Waals surface area (Å²) in [6.45, 7) is 1.33. The van der Waals surface area contributed by atoms with Crippen molar-refractivity contribution in [3.8, 4) is 0 Å². The molecule has 1 rings (SSSR count). The highest BCUT2D eigenvalue weighted by Crippen LogP contribution is 2.45. The van der Waals surface area contributed by atoms with E-state index >= 15 is 0 Å². The van der Waals surface area contributed by atoms with E-state index in [-0.39, 0.29) is 13.2 Å². The molecule has 1 unspecified atom stereocenters. The standard InChI is InChI=1S/C16H25F8NO3/c17-13(18)1-2-15(21,22)16(23,24)11-14(19,20)3-6-28-10-12(26)9-25-4-7-27-8-5-25/h12-13,26H,1-11H2. The maximum Gasteiger partial charge on any atom is 0.315 e. The number of aliphatic hydroxyl groups excluding tert-OH is 1. The number of hydrogen-bond acceptors (Lipinski definition) is 4. The van der Waals surface area contributed by atoms with E-state index in [1.54, 1.807) is 0 Å². The van der Waals surface area contributed by atoms with Crippen molar-refractivity contribution in [2.45, 2.75) is 56.0 Å². The zero-order chi connectivity index (χ0) is 21.4. The first-order valence-corrected chi connectivity index (χ1v) is 8.82. The normalized spacial score (nSPS) is 18.6. The molecule has 0 aliphatic carbocycles. The van der Waals surface area contributed by atoms with Crippen LogP contribution >= 0.6 is 0 Å². The Morgan fingerprint density at radius 1 is 0.964 bits per heavy atom. The predicted molar refractivity (Wildman–Crippen MR) is 83.4 cm³/mol. The second-order valence-corrected chi connectivity index (χ2v) is 6.76. The van der Waals surface area contributed by atoms with Gasteiger partial charge in [0, 0.05) is 38.9 Å². The SMILES string of the molecule is OC(COCCC(F)(F)CC(F)(F)C(F)(F)CCC(F)F)CN1CCOCC1. The Labute approximate surface area is 157 Å². The van der Waals surface area contributed by atoms with Gasteiger partial charge in [0.15, 0.2) is 0 Å². The van der Waals surface area contributed by atoms with E-state index in [9.17, 15) is 40.2 Å². The highest BCUT2D eigenvalue weighted by Gasteiger charge is 2.59. The number of nitrogens with zero attached hydrogens (tertiary/aromatic N) is 1. The summed E-state index contributed by atoms with van der Waals surface area (Å²) in [7, 11) is 0. The Bertz CT molecular complexity index is 448. The lowest BCUT2D eigenvalue weighted by Gasteiger charge is -2.30. The number of rotatable bonds is 13. The van der Waals surface area contributed by atoms with E-state index in [1.807, 2.05) is 4.90 Å². The van der Waals surface area contributed by atoms with Gasteiger partial charge < -0.3 is 14.6 Å². The average Bonchev–Trinajstić information content (AvgIpc) is 2.57. The van der Waals surface area contributed by atoms with Crippen LogP contribution in [0.2, 0.25) is 0 Å². The van der Waals surface area contributed by atoms with Crippen LogP contribution in [0.15, 0.2) is 0 Å². The molecular weight excluding hydrogens is 406 g/mol. The molecule has 1 N–H and O–H groups in total. The third-order valence-electron chi connectivity index (χ3n) is 4.19. The van der Waals surface area contributed by atoms with Gasteiger partial charge in [0.05, 0.1) is 39.0 Å². The van der Waals surface area contributed by atoms with Gasteiger partial charge in [-0.3, -0.25) is 4.90 Å². The van der Waals surface area contributed by atoms with Gasteiger partial charge in [-0.1, -0.05) is 0 Å². The van der Waals surface area contributed by atoms with Gasteiger partial charge in [-0.25, -0.2) is 17.6 Å².